The predicted molar refractivity (Wildman–Crippen MR) is 112 cm³/mol. The maximum Gasteiger partial charge on any atom is 0.320 e. The molecule has 0 N–H and O–H groups in total. The molecule has 0 saturated carbocycles. The molecule has 1 aromatic rings. The van der Waals surface area contributed by atoms with E-state index in [1.807, 2.05) is 9.80 Å². The molecule has 0 unspecified atom stereocenters. The number of fused-ring (bicyclic) bond motifs is 1. The highest BCUT2D eigenvalue weighted by Crippen LogP contribution is 2.32. The molecule has 3 saturated heterocycles. The number of nitrogens with zero attached hydrogens (tertiary/aromatic N) is 2. The van der Waals surface area contributed by atoms with Gasteiger partial charge in [0.05, 0.1) is 11.1 Å². The van der Waals surface area contributed by atoms with Crippen molar-refractivity contribution in [3.8, 4) is 11.8 Å². The normalized spacial score (nSPS) is 25.9. The first-order valence-corrected chi connectivity index (χ1v) is 10.9. The number of hydrogen-bond acceptors (Lipinski definition) is 3. The van der Waals surface area contributed by atoms with Crippen LogP contribution in [-0.2, 0) is 9.53 Å². The summed E-state index contributed by atoms with van der Waals surface area (Å²) < 4.78 is 18.8. The zero-order chi connectivity index (χ0) is 21.3. The lowest BCUT2D eigenvalue weighted by atomic mass is 9.81. The van der Waals surface area contributed by atoms with Crippen LogP contribution in [0.25, 0.3) is 0 Å². The second-order valence-electron chi connectivity index (χ2n) is 8.79. The Bertz CT molecular complexity index is 901. The van der Waals surface area contributed by atoms with Crippen molar-refractivity contribution < 1.29 is 18.7 Å². The van der Waals surface area contributed by atoms with E-state index in [1.165, 1.54) is 12.1 Å². The Kier molecular flexibility index (Phi) is 6.04. The van der Waals surface area contributed by atoms with Gasteiger partial charge in [0.25, 0.3) is 0 Å². The Hall–Kier alpha value is -2.10. The van der Waals surface area contributed by atoms with Crippen LogP contribution in [0, 0.1) is 29.0 Å². The lowest BCUT2D eigenvalue weighted by Gasteiger charge is -2.44. The standard InChI is InChI=1S/C23H26ClFN2O3/c1-23(6-4-16-2-3-18(25)13-20(16)24)7-10-26(11-8-23)22(29)27-9-5-21-17(14-27)12-19(28)15-30-21/h2-3,13,17,21H,5,7-12,14-15H2,1H3/t17-,21+/m1/s1. The number of halogens is 2. The third-order valence-corrected chi connectivity index (χ3v) is 6.76. The van der Waals surface area contributed by atoms with E-state index in [-0.39, 0.29) is 41.7 Å². The second kappa shape index (κ2) is 8.56. The molecule has 30 heavy (non-hydrogen) atoms. The van der Waals surface area contributed by atoms with Crippen molar-refractivity contribution in [1.29, 1.82) is 0 Å². The van der Waals surface area contributed by atoms with Gasteiger partial charge < -0.3 is 14.5 Å². The summed E-state index contributed by atoms with van der Waals surface area (Å²) in [5.74, 6) is 6.24. The molecule has 2 amide bonds. The first-order chi connectivity index (χ1) is 14.3. The minimum Gasteiger partial charge on any atom is -0.370 e. The van der Waals surface area contributed by atoms with Gasteiger partial charge in [0.2, 0.25) is 0 Å². The zero-order valence-corrected chi connectivity index (χ0v) is 17.9. The molecule has 5 nitrogen and oxygen atoms in total. The number of ether oxygens (including phenoxy) is 1. The van der Waals surface area contributed by atoms with Gasteiger partial charge in [-0.15, -0.1) is 0 Å². The van der Waals surface area contributed by atoms with Crippen molar-refractivity contribution >= 4 is 23.4 Å². The summed E-state index contributed by atoms with van der Waals surface area (Å²) >= 11 is 6.07. The Morgan fingerprint density at radius 2 is 2.03 bits per heavy atom. The summed E-state index contributed by atoms with van der Waals surface area (Å²) in [6.07, 6.45) is 2.94. The molecule has 3 fully saturated rings. The molecule has 2 atom stereocenters. The highest BCUT2D eigenvalue weighted by atomic mass is 35.5. The molecule has 4 rings (SSSR count). The number of hydrogen-bond donors (Lipinski definition) is 0. The third kappa shape index (κ3) is 4.63. The molecule has 3 aliphatic heterocycles. The van der Waals surface area contributed by atoms with Gasteiger partial charge >= 0.3 is 6.03 Å². The van der Waals surface area contributed by atoms with E-state index in [2.05, 4.69) is 18.8 Å². The predicted octanol–water partition coefficient (Wildman–Crippen LogP) is 3.73. The van der Waals surface area contributed by atoms with Gasteiger partial charge in [-0.05, 0) is 44.4 Å². The van der Waals surface area contributed by atoms with Crippen LogP contribution in [0.3, 0.4) is 0 Å². The quantitative estimate of drug-likeness (QED) is 0.587. The number of urea groups is 1. The van der Waals surface area contributed by atoms with Gasteiger partial charge in [-0.25, -0.2) is 9.18 Å². The first-order valence-electron chi connectivity index (χ1n) is 10.5. The Morgan fingerprint density at radius 1 is 1.27 bits per heavy atom. The summed E-state index contributed by atoms with van der Waals surface area (Å²) in [4.78, 5) is 28.5. The number of rotatable bonds is 0. The van der Waals surface area contributed by atoms with Gasteiger partial charge in [-0.2, -0.15) is 0 Å². The minimum absolute atomic E-state index is 0.0445. The van der Waals surface area contributed by atoms with Crippen LogP contribution in [0.1, 0.15) is 38.2 Å². The fourth-order valence-corrected chi connectivity index (χ4v) is 4.69. The summed E-state index contributed by atoms with van der Waals surface area (Å²) in [6.45, 7) is 4.85. The monoisotopic (exact) mass is 432 g/mol. The van der Waals surface area contributed by atoms with E-state index in [0.29, 0.717) is 43.2 Å². The Morgan fingerprint density at radius 3 is 2.77 bits per heavy atom. The fourth-order valence-electron chi connectivity index (χ4n) is 4.48. The van der Waals surface area contributed by atoms with Crippen molar-refractivity contribution in [2.45, 2.75) is 38.7 Å². The summed E-state index contributed by atoms with van der Waals surface area (Å²) in [7, 11) is 0. The van der Waals surface area contributed by atoms with Crippen molar-refractivity contribution in [1.82, 2.24) is 9.80 Å². The maximum absolute atomic E-state index is 13.2. The van der Waals surface area contributed by atoms with Crippen LogP contribution in [0.15, 0.2) is 18.2 Å². The number of Topliss-reactive ketones (excluding diaryl/α,β-unsaturated/α-hetero) is 1. The second-order valence-corrected chi connectivity index (χ2v) is 9.20. The van der Waals surface area contributed by atoms with E-state index in [4.69, 9.17) is 16.3 Å². The van der Waals surface area contributed by atoms with Crippen molar-refractivity contribution in [3.63, 3.8) is 0 Å². The molecule has 0 bridgehead atoms. The van der Waals surface area contributed by atoms with Crippen LogP contribution in [0.4, 0.5) is 9.18 Å². The number of piperidine rings is 2. The summed E-state index contributed by atoms with van der Waals surface area (Å²) in [5, 5.41) is 0.312. The molecule has 3 aliphatic rings. The number of carbonyl (C=O) groups excluding carboxylic acids is 2. The van der Waals surface area contributed by atoms with E-state index < -0.39 is 0 Å². The smallest absolute Gasteiger partial charge is 0.320 e. The molecule has 0 radical (unpaired) electrons. The number of benzene rings is 1. The van der Waals surface area contributed by atoms with Gasteiger partial charge in [0.15, 0.2) is 5.78 Å². The largest absolute Gasteiger partial charge is 0.370 e. The lowest BCUT2D eigenvalue weighted by Crippen LogP contribution is -2.55. The van der Waals surface area contributed by atoms with Crippen LogP contribution in [0.5, 0.6) is 0 Å². The molecule has 0 spiro atoms. The van der Waals surface area contributed by atoms with E-state index >= 15 is 0 Å². The molecule has 0 aromatic heterocycles. The lowest BCUT2D eigenvalue weighted by molar-refractivity contribution is -0.140. The molecule has 0 aliphatic carbocycles. The minimum atomic E-state index is -0.378. The van der Waals surface area contributed by atoms with Crippen LogP contribution < -0.4 is 0 Å². The first kappa shape index (κ1) is 21.1. The zero-order valence-electron chi connectivity index (χ0n) is 17.1. The van der Waals surface area contributed by atoms with Gasteiger partial charge in [-0.3, -0.25) is 4.79 Å². The molecule has 160 valence electrons. The average molecular weight is 433 g/mol. The summed E-state index contributed by atoms with van der Waals surface area (Å²) in [6, 6.07) is 4.26. The Balaban J connectivity index is 1.34. The van der Waals surface area contributed by atoms with E-state index in [0.717, 1.165) is 19.3 Å². The third-order valence-electron chi connectivity index (χ3n) is 6.45. The van der Waals surface area contributed by atoms with Crippen LogP contribution in [-0.4, -0.2) is 60.5 Å². The van der Waals surface area contributed by atoms with E-state index in [1.54, 1.807) is 6.07 Å². The molecule has 1 aromatic carbocycles. The molecular weight excluding hydrogens is 407 g/mol. The van der Waals surface area contributed by atoms with Crippen LogP contribution in [0.2, 0.25) is 5.02 Å². The summed E-state index contributed by atoms with van der Waals surface area (Å²) in [5.41, 5.74) is 0.399. The van der Waals surface area contributed by atoms with Gasteiger partial charge in [0, 0.05) is 49.5 Å². The van der Waals surface area contributed by atoms with Gasteiger partial charge in [0.1, 0.15) is 12.4 Å². The van der Waals surface area contributed by atoms with E-state index in [9.17, 15) is 14.0 Å². The highest BCUT2D eigenvalue weighted by molar-refractivity contribution is 6.31. The number of amides is 2. The number of ketones is 1. The topological polar surface area (TPSA) is 49.9 Å². The van der Waals surface area contributed by atoms with Crippen LogP contribution >= 0.6 is 11.6 Å². The number of carbonyl (C=O) groups is 2. The molecular formula is C23H26ClFN2O3. The average Bonchev–Trinajstić information content (AvgIpc) is 2.72. The molecule has 7 heteroatoms. The van der Waals surface area contributed by atoms with Crippen molar-refractivity contribution in [3.05, 3.63) is 34.6 Å². The Labute approximate surface area is 181 Å². The molecule has 3 heterocycles. The van der Waals surface area contributed by atoms with Gasteiger partial charge in [-0.1, -0.05) is 23.4 Å². The van der Waals surface area contributed by atoms with Crippen molar-refractivity contribution in [2.24, 2.45) is 11.3 Å². The van der Waals surface area contributed by atoms with Crippen molar-refractivity contribution in [2.75, 3.05) is 32.8 Å². The highest BCUT2D eigenvalue weighted by Gasteiger charge is 2.39. The number of likely N-dealkylation sites (tertiary alicyclic amines) is 2. The maximum atomic E-state index is 13.2. The fraction of sp³-hybridized carbons (Fsp3) is 0.565. The SMILES string of the molecule is CC1(C#Cc2ccc(F)cc2Cl)CCN(C(=O)N2CC[C@@H]3OCC(=O)C[C@@H]3C2)CC1.